The largest absolute Gasteiger partial charge is 0.399 e. The van der Waals surface area contributed by atoms with Gasteiger partial charge in [-0.3, -0.25) is 0 Å². The molecule has 0 amide bonds. The predicted octanol–water partition coefficient (Wildman–Crippen LogP) is -0.0122. The Morgan fingerprint density at radius 1 is 1.35 bits per heavy atom. The number of aliphatic hydroxyl groups is 1. The lowest BCUT2D eigenvalue weighted by Crippen LogP contribution is -2.21. The topological polar surface area (TPSA) is 114 Å². The van der Waals surface area contributed by atoms with Crippen molar-refractivity contribution in [2.75, 3.05) is 44.5 Å². The Hall–Kier alpha value is -1.35. The van der Waals surface area contributed by atoms with Crippen molar-refractivity contribution in [1.29, 1.82) is 0 Å². The molecule has 0 aliphatic rings. The molecular weight excluding hydrogens is 282 g/mol. The summed E-state index contributed by atoms with van der Waals surface area (Å²) in [6, 6.07) is 4.68. The van der Waals surface area contributed by atoms with Crippen molar-refractivity contribution in [2.24, 2.45) is 0 Å². The highest BCUT2D eigenvalue weighted by Gasteiger charge is 2.16. The van der Waals surface area contributed by atoms with Crippen LogP contribution in [0.1, 0.15) is 6.42 Å². The standard InChI is InChI=1S/C12H21N3O4S/c1-14-20(17,18)12-9-10(13)3-4-11(12)15-5-2-7-19-8-6-16/h3-4,9,14-16H,2,5-8,13H2,1H3. The van der Waals surface area contributed by atoms with Gasteiger partial charge in [0.15, 0.2) is 0 Å². The zero-order valence-electron chi connectivity index (χ0n) is 11.4. The number of nitrogen functional groups attached to an aromatic ring is 1. The molecule has 1 aromatic carbocycles. The van der Waals surface area contributed by atoms with Crippen LogP contribution in [0.25, 0.3) is 0 Å². The first-order valence-electron chi connectivity index (χ1n) is 6.27. The van der Waals surface area contributed by atoms with Crippen molar-refractivity contribution in [1.82, 2.24) is 4.72 Å². The summed E-state index contributed by atoms with van der Waals surface area (Å²) in [5.41, 5.74) is 6.51. The third-order valence-corrected chi connectivity index (χ3v) is 4.03. The van der Waals surface area contributed by atoms with E-state index in [0.717, 1.165) is 0 Å². The third kappa shape index (κ3) is 4.97. The second-order valence-electron chi connectivity index (χ2n) is 4.08. The van der Waals surface area contributed by atoms with Crippen LogP contribution in [0.5, 0.6) is 0 Å². The highest BCUT2D eigenvalue weighted by Crippen LogP contribution is 2.23. The lowest BCUT2D eigenvalue weighted by Gasteiger charge is -2.13. The van der Waals surface area contributed by atoms with E-state index < -0.39 is 10.0 Å². The molecule has 7 nitrogen and oxygen atoms in total. The number of ether oxygens (including phenoxy) is 1. The van der Waals surface area contributed by atoms with Gasteiger partial charge in [0.25, 0.3) is 0 Å². The van der Waals surface area contributed by atoms with E-state index in [-0.39, 0.29) is 11.5 Å². The van der Waals surface area contributed by atoms with Gasteiger partial charge < -0.3 is 20.9 Å². The van der Waals surface area contributed by atoms with E-state index in [4.69, 9.17) is 15.6 Å². The predicted molar refractivity (Wildman–Crippen MR) is 78.1 cm³/mol. The summed E-state index contributed by atoms with van der Waals surface area (Å²) in [7, 11) is -2.21. The Morgan fingerprint density at radius 2 is 2.10 bits per heavy atom. The lowest BCUT2D eigenvalue weighted by molar-refractivity contribution is 0.0922. The molecule has 20 heavy (non-hydrogen) atoms. The number of nitrogens with two attached hydrogens (primary N) is 1. The molecule has 5 N–H and O–H groups in total. The molecule has 0 atom stereocenters. The highest BCUT2D eigenvalue weighted by molar-refractivity contribution is 7.89. The number of hydrogen-bond acceptors (Lipinski definition) is 6. The van der Waals surface area contributed by atoms with Crippen LogP contribution in [-0.4, -0.2) is 46.9 Å². The van der Waals surface area contributed by atoms with Crippen LogP contribution < -0.4 is 15.8 Å². The average molecular weight is 303 g/mol. The van der Waals surface area contributed by atoms with Gasteiger partial charge in [-0.15, -0.1) is 0 Å². The second-order valence-corrected chi connectivity index (χ2v) is 5.93. The SMILES string of the molecule is CNS(=O)(=O)c1cc(N)ccc1NCCCOCCO. The first-order chi connectivity index (χ1) is 9.51. The molecule has 0 saturated carbocycles. The van der Waals surface area contributed by atoms with Gasteiger partial charge in [-0.1, -0.05) is 0 Å². The molecule has 114 valence electrons. The Morgan fingerprint density at radius 3 is 2.75 bits per heavy atom. The van der Waals surface area contributed by atoms with E-state index in [0.29, 0.717) is 37.6 Å². The monoisotopic (exact) mass is 303 g/mol. The van der Waals surface area contributed by atoms with Crippen LogP contribution in [-0.2, 0) is 14.8 Å². The fourth-order valence-corrected chi connectivity index (χ4v) is 2.52. The Bertz CT molecular complexity index is 519. The third-order valence-electron chi connectivity index (χ3n) is 2.58. The van der Waals surface area contributed by atoms with Crippen LogP contribution >= 0.6 is 0 Å². The maximum absolute atomic E-state index is 11.9. The first kappa shape index (κ1) is 16.7. The van der Waals surface area contributed by atoms with Crippen molar-refractivity contribution >= 4 is 21.4 Å². The van der Waals surface area contributed by atoms with E-state index in [1.807, 2.05) is 0 Å². The number of benzene rings is 1. The maximum Gasteiger partial charge on any atom is 0.242 e. The molecule has 0 radical (unpaired) electrons. The van der Waals surface area contributed by atoms with Crippen LogP contribution in [0.15, 0.2) is 23.1 Å². The number of aliphatic hydroxyl groups excluding tert-OH is 1. The minimum atomic E-state index is -3.56. The van der Waals surface area contributed by atoms with Gasteiger partial charge in [0, 0.05) is 18.8 Å². The molecular formula is C12H21N3O4S. The molecule has 0 heterocycles. The molecule has 0 aromatic heterocycles. The lowest BCUT2D eigenvalue weighted by atomic mass is 10.3. The van der Waals surface area contributed by atoms with E-state index in [2.05, 4.69) is 10.0 Å². The maximum atomic E-state index is 11.9. The van der Waals surface area contributed by atoms with Crippen LogP contribution in [0.2, 0.25) is 0 Å². The first-order valence-corrected chi connectivity index (χ1v) is 7.75. The molecule has 0 fully saturated rings. The number of anilines is 2. The average Bonchev–Trinajstić information content (AvgIpc) is 2.44. The van der Waals surface area contributed by atoms with Crippen LogP contribution in [0.4, 0.5) is 11.4 Å². The zero-order valence-corrected chi connectivity index (χ0v) is 12.2. The van der Waals surface area contributed by atoms with Crippen LogP contribution in [0, 0.1) is 0 Å². The van der Waals surface area contributed by atoms with Gasteiger partial charge in [-0.05, 0) is 31.7 Å². The number of sulfonamides is 1. The molecule has 1 aromatic rings. The van der Waals surface area contributed by atoms with Gasteiger partial charge >= 0.3 is 0 Å². The smallest absolute Gasteiger partial charge is 0.242 e. The fourth-order valence-electron chi connectivity index (χ4n) is 1.58. The summed E-state index contributed by atoms with van der Waals surface area (Å²) >= 11 is 0. The highest BCUT2D eigenvalue weighted by atomic mass is 32.2. The minimum Gasteiger partial charge on any atom is -0.399 e. The van der Waals surface area contributed by atoms with Crippen molar-refractivity contribution in [3.63, 3.8) is 0 Å². The van der Waals surface area contributed by atoms with Crippen molar-refractivity contribution in [3.05, 3.63) is 18.2 Å². The van der Waals surface area contributed by atoms with Crippen LogP contribution in [0.3, 0.4) is 0 Å². The molecule has 1 rings (SSSR count). The van der Waals surface area contributed by atoms with Gasteiger partial charge in [0.1, 0.15) is 4.90 Å². The van der Waals surface area contributed by atoms with E-state index >= 15 is 0 Å². The molecule has 0 spiro atoms. The summed E-state index contributed by atoms with van der Waals surface area (Å²) in [5.74, 6) is 0. The molecule has 8 heteroatoms. The molecule has 0 unspecified atom stereocenters. The Balaban J connectivity index is 2.66. The number of nitrogens with one attached hydrogen (secondary N) is 2. The molecule has 0 aliphatic heterocycles. The summed E-state index contributed by atoms with van der Waals surface area (Å²) in [6.45, 7) is 1.36. The van der Waals surface area contributed by atoms with Crippen molar-refractivity contribution in [2.45, 2.75) is 11.3 Å². The summed E-state index contributed by atoms with van der Waals surface area (Å²) in [6.07, 6.45) is 0.698. The van der Waals surface area contributed by atoms with Crippen molar-refractivity contribution in [3.8, 4) is 0 Å². The molecule has 0 bridgehead atoms. The quantitative estimate of drug-likeness (QED) is 0.377. The summed E-state index contributed by atoms with van der Waals surface area (Å²) in [5, 5.41) is 11.6. The number of rotatable bonds is 9. The van der Waals surface area contributed by atoms with E-state index in [1.54, 1.807) is 12.1 Å². The minimum absolute atomic E-state index is 0.00402. The molecule has 0 saturated heterocycles. The van der Waals surface area contributed by atoms with Gasteiger partial charge in [0.05, 0.1) is 18.9 Å². The van der Waals surface area contributed by atoms with Gasteiger partial charge in [0.2, 0.25) is 10.0 Å². The van der Waals surface area contributed by atoms with Crippen molar-refractivity contribution < 1.29 is 18.3 Å². The summed E-state index contributed by atoms with van der Waals surface area (Å²) in [4.78, 5) is 0.122. The Labute approximate surface area is 119 Å². The fraction of sp³-hybridized carbons (Fsp3) is 0.500. The Kier molecular flexibility index (Phi) is 6.73. The summed E-state index contributed by atoms with van der Waals surface area (Å²) < 4.78 is 31.2. The van der Waals surface area contributed by atoms with Gasteiger partial charge in [-0.25, -0.2) is 13.1 Å². The normalized spacial score (nSPS) is 11.5. The van der Waals surface area contributed by atoms with Gasteiger partial charge in [-0.2, -0.15) is 0 Å². The van der Waals surface area contributed by atoms with E-state index in [1.165, 1.54) is 13.1 Å². The molecule has 0 aliphatic carbocycles. The van der Waals surface area contributed by atoms with E-state index in [9.17, 15) is 8.42 Å². The second kappa shape index (κ2) is 8.05. The zero-order chi connectivity index (χ0) is 15.0. The number of hydrogen-bond donors (Lipinski definition) is 4.